The lowest BCUT2D eigenvalue weighted by Crippen LogP contribution is -2.39. The zero-order valence-corrected chi connectivity index (χ0v) is 8.43. The predicted octanol–water partition coefficient (Wildman–Crippen LogP) is -0.214. The van der Waals surface area contributed by atoms with Gasteiger partial charge in [-0.3, -0.25) is 4.68 Å². The Morgan fingerprint density at radius 1 is 1.64 bits per heavy atom. The zero-order chi connectivity index (χ0) is 9.97. The minimum atomic E-state index is 0.0872. The number of nitrogens with zero attached hydrogens (tertiary/aromatic N) is 2. The summed E-state index contributed by atoms with van der Waals surface area (Å²) in [7, 11) is 3.78. The average Bonchev–Trinajstić information content (AvgIpc) is 2.76. The fourth-order valence-electron chi connectivity index (χ4n) is 1.55. The third kappa shape index (κ3) is 1.88. The van der Waals surface area contributed by atoms with Crippen LogP contribution >= 0.6 is 0 Å². The van der Waals surface area contributed by atoms with Crippen molar-refractivity contribution in [3.63, 3.8) is 0 Å². The van der Waals surface area contributed by atoms with Crippen LogP contribution < -0.4 is 10.1 Å². The van der Waals surface area contributed by atoms with Gasteiger partial charge < -0.3 is 14.8 Å². The Kier molecular flexibility index (Phi) is 2.69. The first-order valence-electron chi connectivity index (χ1n) is 4.70. The van der Waals surface area contributed by atoms with Crippen LogP contribution in [0.4, 0.5) is 0 Å². The molecule has 1 aromatic heterocycles. The van der Waals surface area contributed by atoms with Crippen molar-refractivity contribution in [2.24, 2.45) is 7.05 Å². The van der Waals surface area contributed by atoms with Crippen molar-refractivity contribution in [2.75, 3.05) is 20.3 Å². The van der Waals surface area contributed by atoms with E-state index in [2.05, 4.69) is 10.4 Å². The number of likely N-dealkylation sites (N-methyl/N-ethyl adjacent to an activating group) is 1. The van der Waals surface area contributed by atoms with E-state index in [1.165, 1.54) is 0 Å². The molecule has 1 N–H and O–H groups in total. The lowest BCUT2D eigenvalue weighted by molar-refractivity contribution is 0.139. The van der Waals surface area contributed by atoms with Gasteiger partial charge in [0, 0.05) is 7.05 Å². The molecule has 0 aliphatic carbocycles. The normalized spacial score (nSPS) is 26.7. The number of nitrogens with one attached hydrogen (secondary N) is 1. The van der Waals surface area contributed by atoms with Gasteiger partial charge in [-0.25, -0.2) is 0 Å². The Balaban J connectivity index is 1.96. The van der Waals surface area contributed by atoms with E-state index in [-0.39, 0.29) is 12.1 Å². The van der Waals surface area contributed by atoms with Gasteiger partial charge in [0.2, 0.25) is 0 Å². The van der Waals surface area contributed by atoms with Gasteiger partial charge in [-0.05, 0) is 7.05 Å². The summed E-state index contributed by atoms with van der Waals surface area (Å²) in [5.74, 6) is 0.795. The molecule has 14 heavy (non-hydrogen) atoms. The summed E-state index contributed by atoms with van der Waals surface area (Å²) < 4.78 is 12.8. The minimum absolute atomic E-state index is 0.0872. The Bertz CT molecular complexity index is 300. The van der Waals surface area contributed by atoms with Crippen LogP contribution in [0.1, 0.15) is 0 Å². The second-order valence-corrected chi connectivity index (χ2v) is 3.44. The fraction of sp³-hybridized carbons (Fsp3) is 0.667. The zero-order valence-electron chi connectivity index (χ0n) is 8.43. The van der Waals surface area contributed by atoms with Crippen LogP contribution in [0.15, 0.2) is 12.4 Å². The number of ether oxygens (including phenoxy) is 2. The molecule has 0 saturated carbocycles. The Morgan fingerprint density at radius 2 is 2.50 bits per heavy atom. The van der Waals surface area contributed by atoms with Crippen molar-refractivity contribution in [1.29, 1.82) is 0 Å². The van der Waals surface area contributed by atoms with E-state index in [0.717, 1.165) is 5.75 Å². The van der Waals surface area contributed by atoms with Crippen molar-refractivity contribution in [1.82, 2.24) is 15.1 Å². The molecule has 2 rings (SSSR count). The molecule has 78 valence electrons. The first-order chi connectivity index (χ1) is 6.79. The summed E-state index contributed by atoms with van der Waals surface area (Å²) in [5, 5.41) is 7.20. The summed E-state index contributed by atoms with van der Waals surface area (Å²) in [6, 6.07) is 0.273. The summed E-state index contributed by atoms with van der Waals surface area (Å²) in [6.45, 7) is 1.35. The number of hydrogen-bond acceptors (Lipinski definition) is 4. The van der Waals surface area contributed by atoms with E-state index < -0.39 is 0 Å². The summed E-state index contributed by atoms with van der Waals surface area (Å²) >= 11 is 0. The van der Waals surface area contributed by atoms with E-state index >= 15 is 0 Å². The second kappa shape index (κ2) is 3.98. The molecule has 5 heteroatoms. The maximum atomic E-state index is 5.73. The van der Waals surface area contributed by atoms with Gasteiger partial charge in [0.05, 0.1) is 31.6 Å². The van der Waals surface area contributed by atoms with E-state index in [1.807, 2.05) is 20.3 Å². The van der Waals surface area contributed by atoms with Crippen LogP contribution in [0.2, 0.25) is 0 Å². The quantitative estimate of drug-likeness (QED) is 0.728. The molecule has 5 nitrogen and oxygen atoms in total. The molecular weight excluding hydrogens is 182 g/mol. The summed E-state index contributed by atoms with van der Waals surface area (Å²) in [6.07, 6.45) is 3.65. The predicted molar refractivity (Wildman–Crippen MR) is 51.3 cm³/mol. The number of hydrogen-bond donors (Lipinski definition) is 1. The highest BCUT2D eigenvalue weighted by molar-refractivity contribution is 5.12. The molecule has 1 aliphatic heterocycles. The topological polar surface area (TPSA) is 48.3 Å². The third-order valence-electron chi connectivity index (χ3n) is 2.37. The second-order valence-electron chi connectivity index (χ2n) is 3.44. The van der Waals surface area contributed by atoms with Crippen LogP contribution in [0.3, 0.4) is 0 Å². The van der Waals surface area contributed by atoms with Gasteiger partial charge >= 0.3 is 0 Å². The van der Waals surface area contributed by atoms with Crippen LogP contribution in [0, 0.1) is 0 Å². The van der Waals surface area contributed by atoms with Crippen LogP contribution in [-0.2, 0) is 11.8 Å². The molecule has 0 spiro atoms. The third-order valence-corrected chi connectivity index (χ3v) is 2.37. The highest BCUT2D eigenvalue weighted by atomic mass is 16.5. The summed E-state index contributed by atoms with van der Waals surface area (Å²) in [5.41, 5.74) is 0. The molecule has 0 unspecified atom stereocenters. The molecular formula is C9H15N3O2. The van der Waals surface area contributed by atoms with Crippen molar-refractivity contribution in [3.05, 3.63) is 12.4 Å². The highest BCUT2D eigenvalue weighted by Gasteiger charge is 2.28. The number of aryl methyl sites for hydroxylation is 1. The molecule has 1 fully saturated rings. The van der Waals surface area contributed by atoms with Crippen molar-refractivity contribution < 1.29 is 9.47 Å². The van der Waals surface area contributed by atoms with Gasteiger partial charge in [0.25, 0.3) is 0 Å². The molecule has 0 amide bonds. The van der Waals surface area contributed by atoms with Gasteiger partial charge in [-0.1, -0.05) is 0 Å². The van der Waals surface area contributed by atoms with E-state index in [1.54, 1.807) is 10.9 Å². The first-order valence-corrected chi connectivity index (χ1v) is 4.70. The Morgan fingerprint density at radius 3 is 3.14 bits per heavy atom. The monoisotopic (exact) mass is 197 g/mol. The standard InChI is InChI=1S/C9H15N3O2/c1-10-8-5-13-6-9(8)14-7-3-11-12(2)4-7/h3-4,8-10H,5-6H2,1-2H3/t8-,9+/m0/s1. The van der Waals surface area contributed by atoms with Crippen molar-refractivity contribution in [3.8, 4) is 5.75 Å². The molecule has 0 radical (unpaired) electrons. The van der Waals surface area contributed by atoms with E-state index in [4.69, 9.17) is 9.47 Å². The molecule has 1 aromatic rings. The largest absolute Gasteiger partial charge is 0.483 e. The molecule has 1 aliphatic rings. The van der Waals surface area contributed by atoms with Crippen molar-refractivity contribution in [2.45, 2.75) is 12.1 Å². The van der Waals surface area contributed by atoms with Crippen molar-refractivity contribution >= 4 is 0 Å². The molecule has 2 heterocycles. The van der Waals surface area contributed by atoms with Gasteiger partial charge in [0.1, 0.15) is 6.10 Å². The molecule has 0 aromatic carbocycles. The fourth-order valence-corrected chi connectivity index (χ4v) is 1.55. The van der Waals surface area contributed by atoms with Gasteiger partial charge in [0.15, 0.2) is 5.75 Å². The molecule has 1 saturated heterocycles. The molecule has 0 bridgehead atoms. The van der Waals surface area contributed by atoms with Crippen LogP contribution in [0.5, 0.6) is 5.75 Å². The maximum absolute atomic E-state index is 5.73. The Labute approximate surface area is 83.0 Å². The summed E-state index contributed by atoms with van der Waals surface area (Å²) in [4.78, 5) is 0. The molecule has 2 atom stereocenters. The Hall–Kier alpha value is -1.07. The number of rotatable bonds is 3. The highest BCUT2D eigenvalue weighted by Crippen LogP contribution is 2.15. The lowest BCUT2D eigenvalue weighted by atomic mass is 10.2. The lowest BCUT2D eigenvalue weighted by Gasteiger charge is -2.17. The maximum Gasteiger partial charge on any atom is 0.157 e. The minimum Gasteiger partial charge on any atom is -0.483 e. The van der Waals surface area contributed by atoms with Crippen LogP contribution in [-0.4, -0.2) is 42.2 Å². The van der Waals surface area contributed by atoms with Gasteiger partial charge in [-0.15, -0.1) is 0 Å². The first kappa shape index (κ1) is 9.48. The average molecular weight is 197 g/mol. The SMILES string of the molecule is CN[C@H]1COC[C@H]1Oc1cnn(C)c1. The van der Waals surface area contributed by atoms with E-state index in [0.29, 0.717) is 13.2 Å². The van der Waals surface area contributed by atoms with E-state index in [9.17, 15) is 0 Å². The van der Waals surface area contributed by atoms with Crippen LogP contribution in [0.25, 0.3) is 0 Å². The smallest absolute Gasteiger partial charge is 0.157 e. The van der Waals surface area contributed by atoms with Gasteiger partial charge in [-0.2, -0.15) is 5.10 Å². The number of aromatic nitrogens is 2.